The predicted octanol–water partition coefficient (Wildman–Crippen LogP) is 2.40. The first kappa shape index (κ1) is 20.6. The number of aliphatic carboxylic acids is 1. The number of benzene rings is 3. The van der Waals surface area contributed by atoms with E-state index >= 15 is 0 Å². The first-order valence-electron chi connectivity index (χ1n) is 8.87. The van der Waals surface area contributed by atoms with E-state index in [1.54, 1.807) is 18.2 Å². The molecule has 8 heteroatoms. The van der Waals surface area contributed by atoms with Gasteiger partial charge in [-0.05, 0) is 36.2 Å². The third kappa shape index (κ3) is 3.90. The van der Waals surface area contributed by atoms with E-state index in [0.717, 1.165) is 17.1 Å². The lowest BCUT2D eigenvalue weighted by atomic mass is 10.1. The normalized spacial score (nSPS) is 12.7. The van der Waals surface area contributed by atoms with E-state index in [4.69, 9.17) is 10.8 Å². The molecule has 0 radical (unpaired) electrons. The van der Waals surface area contributed by atoms with E-state index in [0.29, 0.717) is 5.39 Å². The van der Waals surface area contributed by atoms with Crippen LogP contribution in [0.15, 0.2) is 64.4 Å². The highest BCUT2D eigenvalue weighted by atomic mass is 32.2. The highest BCUT2D eigenvalue weighted by Gasteiger charge is 2.26. The van der Waals surface area contributed by atoms with Gasteiger partial charge >= 0.3 is 5.97 Å². The summed E-state index contributed by atoms with van der Waals surface area (Å²) >= 11 is 0. The molecule has 1 atom stereocenters. The monoisotopic (exact) mass is 414 g/mol. The fourth-order valence-electron chi connectivity index (χ4n) is 3.29. The Kier molecular flexibility index (Phi) is 5.50. The van der Waals surface area contributed by atoms with Gasteiger partial charge in [-0.2, -0.15) is 0 Å². The number of rotatable bonds is 6. The Bertz CT molecular complexity index is 1190. The highest BCUT2D eigenvalue weighted by Crippen LogP contribution is 2.35. The van der Waals surface area contributed by atoms with E-state index in [-0.39, 0.29) is 27.5 Å². The van der Waals surface area contributed by atoms with Crippen molar-refractivity contribution in [3.8, 4) is 5.75 Å². The third-order valence-corrected chi connectivity index (χ3v) is 6.62. The number of phenolic OH excluding ortho intramolecular Hbond substituents is 1. The number of hydrogen-bond acceptors (Lipinski definition) is 6. The molecule has 3 rings (SSSR count). The number of nitrogens with two attached hydrogens (primary N) is 1. The summed E-state index contributed by atoms with van der Waals surface area (Å²) in [4.78, 5) is 13.0. The van der Waals surface area contributed by atoms with Gasteiger partial charge in [0.15, 0.2) is 0 Å². The summed E-state index contributed by atoms with van der Waals surface area (Å²) in [5.41, 5.74) is 6.72. The molecule has 0 bridgehead atoms. The maximum absolute atomic E-state index is 13.5. The van der Waals surface area contributed by atoms with E-state index < -0.39 is 21.8 Å². The number of fused-ring (bicyclic) bond motifs is 1. The molecule has 29 heavy (non-hydrogen) atoms. The molecular weight excluding hydrogens is 392 g/mol. The van der Waals surface area contributed by atoms with Crippen molar-refractivity contribution in [2.75, 3.05) is 19.0 Å². The predicted molar refractivity (Wildman–Crippen MR) is 111 cm³/mol. The summed E-state index contributed by atoms with van der Waals surface area (Å²) in [5, 5.41) is 20.3. The minimum absolute atomic E-state index is 0.0782. The second kappa shape index (κ2) is 7.73. The maximum atomic E-state index is 13.5. The fraction of sp³-hybridized carbons (Fsp3) is 0.190. The van der Waals surface area contributed by atoms with Crippen molar-refractivity contribution in [2.24, 2.45) is 5.73 Å². The van der Waals surface area contributed by atoms with Crippen LogP contribution in [0.5, 0.6) is 5.75 Å². The van der Waals surface area contributed by atoms with Crippen molar-refractivity contribution in [1.29, 1.82) is 0 Å². The Hall–Kier alpha value is -3.10. The Morgan fingerprint density at radius 2 is 1.69 bits per heavy atom. The average molecular weight is 414 g/mol. The van der Waals surface area contributed by atoms with Crippen LogP contribution in [0, 0.1) is 0 Å². The second-order valence-corrected chi connectivity index (χ2v) is 8.85. The number of carboxylic acid groups (broad SMARTS) is 1. The first-order chi connectivity index (χ1) is 13.6. The van der Waals surface area contributed by atoms with Crippen LogP contribution in [-0.2, 0) is 21.1 Å². The summed E-state index contributed by atoms with van der Waals surface area (Å²) in [6.45, 7) is 0. The van der Waals surface area contributed by atoms with Crippen molar-refractivity contribution in [3.05, 3.63) is 60.2 Å². The second-order valence-electron chi connectivity index (χ2n) is 6.97. The van der Waals surface area contributed by atoms with Crippen LogP contribution in [0.4, 0.5) is 5.69 Å². The van der Waals surface area contributed by atoms with Crippen molar-refractivity contribution in [1.82, 2.24) is 0 Å². The number of carbonyl (C=O) groups is 1. The summed E-state index contributed by atoms with van der Waals surface area (Å²) in [6, 6.07) is 13.0. The van der Waals surface area contributed by atoms with Gasteiger partial charge in [-0.3, -0.25) is 4.79 Å². The van der Waals surface area contributed by atoms with Crippen molar-refractivity contribution in [3.63, 3.8) is 0 Å². The van der Waals surface area contributed by atoms with Crippen LogP contribution in [0.1, 0.15) is 5.56 Å². The molecular formula is C21H22N2O5S. The average Bonchev–Trinajstić information content (AvgIpc) is 2.67. The molecule has 3 aromatic carbocycles. The lowest BCUT2D eigenvalue weighted by Gasteiger charge is -2.18. The number of anilines is 1. The molecule has 0 fully saturated rings. The number of nitrogens with zero attached hydrogens (tertiary/aromatic N) is 1. The van der Waals surface area contributed by atoms with Gasteiger partial charge in [0.1, 0.15) is 11.8 Å². The maximum Gasteiger partial charge on any atom is 0.320 e. The van der Waals surface area contributed by atoms with Crippen LogP contribution >= 0.6 is 0 Å². The Labute approximate surface area is 168 Å². The first-order valence-corrected chi connectivity index (χ1v) is 10.4. The molecule has 0 spiro atoms. The molecule has 0 aliphatic carbocycles. The topological polar surface area (TPSA) is 121 Å². The SMILES string of the molecule is CN(C)c1cccc2c(S(=O)(=O)c3cc(O)ccc3C[C@H](N)C(=O)O)cccc12. The third-order valence-electron chi connectivity index (χ3n) is 4.73. The number of hydrogen-bond donors (Lipinski definition) is 3. The van der Waals surface area contributed by atoms with Gasteiger partial charge in [-0.1, -0.05) is 30.3 Å². The van der Waals surface area contributed by atoms with E-state index in [1.807, 2.05) is 31.1 Å². The number of aromatic hydroxyl groups is 1. The highest BCUT2D eigenvalue weighted by molar-refractivity contribution is 7.91. The van der Waals surface area contributed by atoms with Crippen molar-refractivity contribution >= 4 is 32.3 Å². The van der Waals surface area contributed by atoms with E-state index in [2.05, 4.69) is 0 Å². The molecule has 0 aliphatic rings. The van der Waals surface area contributed by atoms with Crippen molar-refractivity contribution in [2.45, 2.75) is 22.3 Å². The van der Waals surface area contributed by atoms with Crippen LogP contribution in [0.2, 0.25) is 0 Å². The number of carboxylic acids is 1. The summed E-state index contributed by atoms with van der Waals surface area (Å²) in [7, 11) is -0.316. The lowest BCUT2D eigenvalue weighted by molar-refractivity contribution is -0.138. The lowest BCUT2D eigenvalue weighted by Crippen LogP contribution is -2.32. The van der Waals surface area contributed by atoms with Crippen molar-refractivity contribution < 1.29 is 23.4 Å². The molecule has 0 heterocycles. The summed E-state index contributed by atoms with van der Waals surface area (Å²) in [6.07, 6.45) is -0.183. The van der Waals surface area contributed by atoms with Gasteiger partial charge in [0.05, 0.1) is 9.79 Å². The minimum Gasteiger partial charge on any atom is -0.508 e. The molecule has 0 saturated carbocycles. The molecule has 0 unspecified atom stereocenters. The number of sulfone groups is 1. The van der Waals surface area contributed by atoms with Crippen LogP contribution in [0.3, 0.4) is 0 Å². The minimum atomic E-state index is -4.06. The molecule has 3 aromatic rings. The molecule has 0 amide bonds. The van der Waals surface area contributed by atoms with Gasteiger partial charge < -0.3 is 20.8 Å². The zero-order valence-electron chi connectivity index (χ0n) is 16.0. The van der Waals surface area contributed by atoms with Gasteiger partial charge in [0.2, 0.25) is 9.84 Å². The Balaban J connectivity index is 2.24. The Morgan fingerprint density at radius 1 is 1.03 bits per heavy atom. The van der Waals surface area contributed by atoms with Gasteiger partial charge in [-0.15, -0.1) is 0 Å². The zero-order valence-corrected chi connectivity index (χ0v) is 16.8. The number of phenols is 1. The van der Waals surface area contributed by atoms with Gasteiger partial charge in [0, 0.05) is 30.6 Å². The van der Waals surface area contributed by atoms with E-state index in [1.165, 1.54) is 18.2 Å². The van der Waals surface area contributed by atoms with Gasteiger partial charge in [0.25, 0.3) is 0 Å². The molecule has 4 N–H and O–H groups in total. The largest absolute Gasteiger partial charge is 0.508 e. The molecule has 7 nitrogen and oxygen atoms in total. The molecule has 152 valence electrons. The summed E-state index contributed by atoms with van der Waals surface area (Å²) in [5.74, 6) is -1.47. The molecule has 0 saturated heterocycles. The Morgan fingerprint density at radius 3 is 2.34 bits per heavy atom. The van der Waals surface area contributed by atoms with Crippen LogP contribution in [-0.4, -0.2) is 44.7 Å². The van der Waals surface area contributed by atoms with Gasteiger partial charge in [-0.25, -0.2) is 8.42 Å². The molecule has 0 aliphatic heterocycles. The smallest absolute Gasteiger partial charge is 0.320 e. The molecule has 0 aromatic heterocycles. The fourth-order valence-corrected chi connectivity index (χ4v) is 5.03. The van der Waals surface area contributed by atoms with Crippen LogP contribution in [0.25, 0.3) is 10.8 Å². The van der Waals surface area contributed by atoms with E-state index in [9.17, 15) is 18.3 Å². The zero-order chi connectivity index (χ0) is 21.3. The quantitative estimate of drug-likeness (QED) is 0.566. The van der Waals surface area contributed by atoms with Crippen LogP contribution < -0.4 is 10.6 Å². The summed E-state index contributed by atoms with van der Waals surface area (Å²) < 4.78 is 27.1. The standard InChI is InChI=1S/C21H22N2O5S/c1-23(2)18-7-3-6-16-15(18)5-4-8-19(16)29(27,28)20-12-14(24)10-9-13(20)11-17(22)21(25)26/h3-10,12,17,24H,11,22H2,1-2H3,(H,25,26)/t17-/m0/s1.